The fourth-order valence-corrected chi connectivity index (χ4v) is 2.21. The molecule has 0 aliphatic carbocycles. The number of hydrogen-bond donors (Lipinski definition) is 1. The average Bonchev–Trinajstić information content (AvgIpc) is 2.31. The van der Waals surface area contributed by atoms with Crippen molar-refractivity contribution in [3.63, 3.8) is 0 Å². The Labute approximate surface area is 108 Å². The number of likely N-dealkylation sites (N-methyl/N-ethyl adjacent to an activating group) is 1. The van der Waals surface area contributed by atoms with Gasteiger partial charge in [0.15, 0.2) is 0 Å². The number of rotatable bonds is 5. The first-order valence-corrected chi connectivity index (χ1v) is 6.06. The first-order valence-electron chi connectivity index (χ1n) is 6.06. The molecule has 1 rings (SSSR count). The van der Waals surface area contributed by atoms with Crippen LogP contribution in [0.2, 0.25) is 0 Å². The quantitative estimate of drug-likeness (QED) is 0.871. The molecule has 4 heteroatoms. The van der Waals surface area contributed by atoms with Crippen LogP contribution in [0.4, 0.5) is 4.39 Å². The van der Waals surface area contributed by atoms with Crippen LogP contribution < -0.4 is 5.73 Å². The number of hydrogen-bond acceptors (Lipinski definition) is 3. The third-order valence-corrected chi connectivity index (χ3v) is 2.97. The van der Waals surface area contributed by atoms with E-state index < -0.39 is 0 Å². The van der Waals surface area contributed by atoms with Crippen LogP contribution in [0, 0.1) is 23.1 Å². The van der Waals surface area contributed by atoms with E-state index in [9.17, 15) is 4.39 Å². The summed E-state index contributed by atoms with van der Waals surface area (Å²) in [6.45, 7) is 4.43. The van der Waals surface area contributed by atoms with Gasteiger partial charge >= 0.3 is 0 Å². The minimum Gasteiger partial charge on any atom is -0.326 e. The zero-order valence-electron chi connectivity index (χ0n) is 11.1. The van der Waals surface area contributed by atoms with E-state index in [2.05, 4.69) is 6.07 Å². The Morgan fingerprint density at radius 1 is 1.33 bits per heavy atom. The summed E-state index contributed by atoms with van der Waals surface area (Å²) < 4.78 is 12.9. The lowest BCUT2D eigenvalue weighted by molar-refractivity contribution is 0.205. The van der Waals surface area contributed by atoms with Gasteiger partial charge in [-0.1, -0.05) is 12.1 Å². The summed E-state index contributed by atoms with van der Waals surface area (Å²) in [5.74, 6) is -0.313. The first kappa shape index (κ1) is 14.6. The molecule has 0 aliphatic rings. The van der Waals surface area contributed by atoms with E-state index in [4.69, 9.17) is 11.0 Å². The van der Waals surface area contributed by atoms with Gasteiger partial charge in [-0.05, 0) is 38.6 Å². The van der Waals surface area contributed by atoms with Gasteiger partial charge in [0, 0.05) is 18.6 Å². The standard InChI is InChI=1S/C14H20FN3/c1-10(8-16)9-18(3)14(11(2)17)12-4-6-13(15)7-5-12/h4-7,10-11,14H,9,17H2,1-3H3. The maximum Gasteiger partial charge on any atom is 0.123 e. The largest absolute Gasteiger partial charge is 0.326 e. The van der Waals surface area contributed by atoms with Crippen LogP contribution in [-0.4, -0.2) is 24.5 Å². The Morgan fingerprint density at radius 3 is 2.33 bits per heavy atom. The summed E-state index contributed by atoms with van der Waals surface area (Å²) in [6, 6.07) is 8.47. The van der Waals surface area contributed by atoms with E-state index in [1.807, 2.05) is 25.8 Å². The fourth-order valence-electron chi connectivity index (χ4n) is 2.21. The SMILES string of the molecule is CC(C#N)CN(C)C(c1ccc(F)cc1)C(C)N. The molecule has 0 bridgehead atoms. The Bertz CT molecular complexity index is 408. The lowest BCUT2D eigenvalue weighted by Crippen LogP contribution is -2.39. The van der Waals surface area contributed by atoms with Crippen molar-refractivity contribution < 1.29 is 4.39 Å². The molecule has 0 radical (unpaired) electrons. The molecule has 1 aromatic carbocycles. The second-order valence-electron chi connectivity index (χ2n) is 4.83. The Hall–Kier alpha value is -1.44. The molecule has 1 aromatic rings. The van der Waals surface area contributed by atoms with E-state index in [1.165, 1.54) is 12.1 Å². The number of nitriles is 1. The second kappa shape index (κ2) is 6.48. The predicted octanol–water partition coefficient (Wildman–Crippen LogP) is 2.31. The van der Waals surface area contributed by atoms with Crippen molar-refractivity contribution in [3.05, 3.63) is 35.6 Å². The lowest BCUT2D eigenvalue weighted by Gasteiger charge is -2.32. The zero-order chi connectivity index (χ0) is 13.7. The molecule has 0 saturated carbocycles. The van der Waals surface area contributed by atoms with Crippen molar-refractivity contribution in [2.75, 3.05) is 13.6 Å². The van der Waals surface area contributed by atoms with Crippen molar-refractivity contribution in [2.45, 2.75) is 25.9 Å². The fraction of sp³-hybridized carbons (Fsp3) is 0.500. The van der Waals surface area contributed by atoms with Gasteiger partial charge in [-0.25, -0.2) is 4.39 Å². The highest BCUT2D eigenvalue weighted by molar-refractivity contribution is 5.21. The smallest absolute Gasteiger partial charge is 0.123 e. The third kappa shape index (κ3) is 3.80. The highest BCUT2D eigenvalue weighted by Gasteiger charge is 2.22. The topological polar surface area (TPSA) is 53.0 Å². The van der Waals surface area contributed by atoms with Crippen molar-refractivity contribution >= 4 is 0 Å². The summed E-state index contributed by atoms with van der Waals surface area (Å²) in [7, 11) is 1.94. The molecule has 0 fully saturated rings. The highest BCUT2D eigenvalue weighted by Crippen LogP contribution is 2.23. The molecule has 98 valence electrons. The molecule has 3 unspecified atom stereocenters. The highest BCUT2D eigenvalue weighted by atomic mass is 19.1. The molecule has 0 heterocycles. The molecule has 0 aliphatic heterocycles. The van der Waals surface area contributed by atoms with Crippen molar-refractivity contribution in [1.82, 2.24) is 4.90 Å². The monoisotopic (exact) mass is 249 g/mol. The minimum absolute atomic E-state index is 0.0126. The normalized spacial score (nSPS) is 16.1. The van der Waals surface area contributed by atoms with Crippen LogP contribution in [0.1, 0.15) is 25.5 Å². The Balaban J connectivity index is 2.89. The molecule has 18 heavy (non-hydrogen) atoms. The van der Waals surface area contributed by atoms with Crippen LogP contribution in [0.25, 0.3) is 0 Å². The van der Waals surface area contributed by atoms with Gasteiger partial charge in [0.2, 0.25) is 0 Å². The minimum atomic E-state index is -0.254. The van der Waals surface area contributed by atoms with Crippen molar-refractivity contribution in [2.24, 2.45) is 11.7 Å². The second-order valence-corrected chi connectivity index (χ2v) is 4.83. The Kier molecular flexibility index (Phi) is 5.26. The van der Waals surface area contributed by atoms with E-state index in [1.54, 1.807) is 12.1 Å². The van der Waals surface area contributed by atoms with Gasteiger partial charge in [-0.3, -0.25) is 4.90 Å². The van der Waals surface area contributed by atoms with Crippen LogP contribution >= 0.6 is 0 Å². The summed E-state index contributed by atoms with van der Waals surface area (Å²) in [5, 5.41) is 8.85. The summed E-state index contributed by atoms with van der Waals surface area (Å²) >= 11 is 0. The van der Waals surface area contributed by atoms with Crippen LogP contribution in [0.3, 0.4) is 0 Å². The van der Waals surface area contributed by atoms with Crippen molar-refractivity contribution in [1.29, 1.82) is 5.26 Å². The molecule has 3 nitrogen and oxygen atoms in total. The molecule has 2 N–H and O–H groups in total. The van der Waals surface area contributed by atoms with Gasteiger partial charge in [0.1, 0.15) is 5.82 Å². The zero-order valence-corrected chi connectivity index (χ0v) is 11.1. The van der Waals surface area contributed by atoms with Gasteiger partial charge in [0.05, 0.1) is 12.0 Å². The molecule has 0 aromatic heterocycles. The third-order valence-electron chi connectivity index (χ3n) is 2.97. The van der Waals surface area contributed by atoms with E-state index in [-0.39, 0.29) is 23.8 Å². The van der Waals surface area contributed by atoms with Crippen molar-refractivity contribution in [3.8, 4) is 6.07 Å². The number of nitrogens with two attached hydrogens (primary N) is 1. The van der Waals surface area contributed by atoms with Crippen LogP contribution in [0.5, 0.6) is 0 Å². The number of nitrogens with zero attached hydrogens (tertiary/aromatic N) is 2. The van der Waals surface area contributed by atoms with Crippen LogP contribution in [0.15, 0.2) is 24.3 Å². The van der Waals surface area contributed by atoms with E-state index >= 15 is 0 Å². The molecular formula is C14H20FN3. The van der Waals surface area contributed by atoms with Gasteiger partial charge in [-0.2, -0.15) is 5.26 Å². The van der Waals surface area contributed by atoms with Gasteiger partial charge < -0.3 is 5.73 Å². The molecular weight excluding hydrogens is 229 g/mol. The average molecular weight is 249 g/mol. The molecule has 3 atom stereocenters. The van der Waals surface area contributed by atoms with E-state index in [0.29, 0.717) is 6.54 Å². The molecule has 0 saturated heterocycles. The number of halogens is 1. The summed E-state index contributed by atoms with van der Waals surface area (Å²) in [5.41, 5.74) is 6.98. The maximum absolute atomic E-state index is 12.9. The predicted molar refractivity (Wildman–Crippen MR) is 70.2 cm³/mol. The van der Waals surface area contributed by atoms with E-state index in [0.717, 1.165) is 5.56 Å². The maximum atomic E-state index is 12.9. The number of benzene rings is 1. The van der Waals surface area contributed by atoms with Crippen LogP contribution in [-0.2, 0) is 0 Å². The molecule has 0 spiro atoms. The summed E-state index contributed by atoms with van der Waals surface area (Å²) in [6.07, 6.45) is 0. The summed E-state index contributed by atoms with van der Waals surface area (Å²) in [4.78, 5) is 2.05. The van der Waals surface area contributed by atoms with Gasteiger partial charge in [0.25, 0.3) is 0 Å². The van der Waals surface area contributed by atoms with Gasteiger partial charge in [-0.15, -0.1) is 0 Å². The Morgan fingerprint density at radius 2 is 1.89 bits per heavy atom. The lowest BCUT2D eigenvalue weighted by atomic mass is 9.98. The first-order chi connectivity index (χ1) is 8.45. The molecule has 0 amide bonds.